The molecule has 1 nitrogen and oxygen atoms in total. The van der Waals surface area contributed by atoms with Crippen molar-refractivity contribution < 1.29 is 13.0 Å². The fourth-order valence-corrected chi connectivity index (χ4v) is 2.62. The van der Waals surface area contributed by atoms with Gasteiger partial charge >= 0.3 is 0 Å². The fourth-order valence-electron chi connectivity index (χ4n) is 1.56. The Morgan fingerprint density at radius 2 is 1.75 bits per heavy atom. The van der Waals surface area contributed by atoms with Gasteiger partial charge in [0.1, 0.15) is 0 Å². The summed E-state index contributed by atoms with van der Waals surface area (Å²) in [5.41, 5.74) is 1.36. The van der Waals surface area contributed by atoms with E-state index in [-0.39, 0.29) is 0 Å². The zero-order valence-electron chi connectivity index (χ0n) is 10.4. The highest BCUT2D eigenvalue weighted by Gasteiger charge is 2.01. The van der Waals surface area contributed by atoms with Crippen molar-refractivity contribution in [2.45, 2.75) is 5.75 Å². The molecule has 20 heavy (non-hydrogen) atoms. The van der Waals surface area contributed by atoms with Crippen LogP contribution in [-0.4, -0.2) is 4.21 Å². The lowest BCUT2D eigenvalue weighted by Gasteiger charge is -1.99. The third kappa shape index (κ3) is 4.25. The van der Waals surface area contributed by atoms with E-state index in [2.05, 4.69) is 0 Å². The van der Waals surface area contributed by atoms with Gasteiger partial charge in [0.05, 0.1) is 16.6 Å². The number of rotatable bonds is 4. The fraction of sp³-hybridized carbons (Fsp3) is 0.0667. The molecule has 2 aromatic rings. The van der Waals surface area contributed by atoms with Crippen molar-refractivity contribution in [2.24, 2.45) is 0 Å². The predicted molar refractivity (Wildman–Crippen MR) is 78.7 cm³/mol. The molecule has 0 heterocycles. The maximum absolute atomic E-state index is 13.0. The maximum atomic E-state index is 13.0. The van der Waals surface area contributed by atoms with E-state index in [1.807, 2.05) is 0 Å². The molecule has 1 atom stereocenters. The van der Waals surface area contributed by atoms with Crippen molar-refractivity contribution in [3.05, 3.63) is 75.7 Å². The first kappa shape index (κ1) is 14.9. The second-order valence-electron chi connectivity index (χ2n) is 4.13. The minimum atomic E-state index is -1.23. The van der Waals surface area contributed by atoms with Crippen LogP contribution in [0.5, 0.6) is 0 Å². The van der Waals surface area contributed by atoms with Crippen LogP contribution in [0.25, 0.3) is 6.08 Å². The van der Waals surface area contributed by atoms with Gasteiger partial charge in [0.15, 0.2) is 11.6 Å². The Hall–Kier alpha value is -1.52. The smallest absolute Gasteiger partial charge is 0.159 e. The summed E-state index contributed by atoms with van der Waals surface area (Å²) in [6, 6.07) is 10.6. The van der Waals surface area contributed by atoms with Gasteiger partial charge in [0.25, 0.3) is 0 Å². The van der Waals surface area contributed by atoms with Crippen molar-refractivity contribution in [3.63, 3.8) is 0 Å². The van der Waals surface area contributed by atoms with Crippen LogP contribution in [0.2, 0.25) is 5.02 Å². The van der Waals surface area contributed by atoms with Crippen molar-refractivity contribution in [1.82, 2.24) is 0 Å². The Kier molecular flexibility index (Phi) is 5.04. The minimum Gasteiger partial charge on any atom is -0.255 e. The van der Waals surface area contributed by atoms with Crippen molar-refractivity contribution in [3.8, 4) is 0 Å². The van der Waals surface area contributed by atoms with Crippen LogP contribution in [0.1, 0.15) is 11.1 Å². The van der Waals surface area contributed by atoms with Gasteiger partial charge in [-0.1, -0.05) is 29.8 Å². The summed E-state index contributed by atoms with van der Waals surface area (Å²) in [5.74, 6) is -1.47. The molecule has 5 heteroatoms. The summed E-state index contributed by atoms with van der Waals surface area (Å²) < 4.78 is 37.6. The highest BCUT2D eigenvalue weighted by molar-refractivity contribution is 7.87. The number of hydrogen-bond acceptors (Lipinski definition) is 1. The van der Waals surface area contributed by atoms with E-state index >= 15 is 0 Å². The molecule has 0 aliphatic carbocycles. The van der Waals surface area contributed by atoms with Gasteiger partial charge < -0.3 is 0 Å². The molecule has 1 unspecified atom stereocenters. The second kappa shape index (κ2) is 6.77. The van der Waals surface area contributed by atoms with Gasteiger partial charge in [0, 0.05) is 10.4 Å². The Morgan fingerprint density at radius 1 is 1.05 bits per heavy atom. The summed E-state index contributed by atoms with van der Waals surface area (Å²) in [6.45, 7) is 0. The highest BCUT2D eigenvalue weighted by Crippen LogP contribution is 2.13. The summed E-state index contributed by atoms with van der Waals surface area (Å²) in [7, 11) is -1.23. The molecule has 2 aromatic carbocycles. The Bertz CT molecular complexity index is 653. The minimum absolute atomic E-state index is 0.345. The van der Waals surface area contributed by atoms with E-state index in [1.54, 1.807) is 24.3 Å². The SMILES string of the molecule is O=S(C=Cc1ccc(F)c(F)c1)Cc1ccc(Cl)cc1. The van der Waals surface area contributed by atoms with Gasteiger partial charge in [-0.2, -0.15) is 0 Å². The zero-order chi connectivity index (χ0) is 14.5. The molecule has 0 radical (unpaired) electrons. The molecule has 104 valence electrons. The third-order valence-electron chi connectivity index (χ3n) is 2.58. The monoisotopic (exact) mass is 312 g/mol. The van der Waals surface area contributed by atoms with E-state index in [0.717, 1.165) is 17.7 Å². The van der Waals surface area contributed by atoms with Crippen LogP contribution in [0.3, 0.4) is 0 Å². The Labute approximate surface area is 123 Å². The number of halogens is 3. The first-order valence-electron chi connectivity index (χ1n) is 5.79. The van der Waals surface area contributed by atoms with Gasteiger partial charge in [-0.25, -0.2) is 8.78 Å². The summed E-state index contributed by atoms with van der Waals surface area (Å²) >= 11 is 5.76. The maximum Gasteiger partial charge on any atom is 0.159 e. The van der Waals surface area contributed by atoms with E-state index in [9.17, 15) is 13.0 Å². The molecule has 0 saturated heterocycles. The molecule has 0 amide bonds. The molecule has 0 fully saturated rings. The molecule has 0 spiro atoms. The largest absolute Gasteiger partial charge is 0.255 e. The van der Waals surface area contributed by atoms with Crippen molar-refractivity contribution in [1.29, 1.82) is 0 Å². The highest BCUT2D eigenvalue weighted by atomic mass is 35.5. The van der Waals surface area contributed by atoms with E-state index in [0.29, 0.717) is 16.3 Å². The lowest BCUT2D eigenvalue weighted by atomic mass is 10.2. The molecular formula is C15H11ClF2OS. The average molecular weight is 313 g/mol. The molecule has 0 aliphatic heterocycles. The zero-order valence-corrected chi connectivity index (χ0v) is 11.9. The van der Waals surface area contributed by atoms with E-state index < -0.39 is 22.4 Å². The van der Waals surface area contributed by atoms with Crippen molar-refractivity contribution >= 4 is 28.5 Å². The van der Waals surface area contributed by atoms with Crippen molar-refractivity contribution in [2.75, 3.05) is 0 Å². The third-order valence-corrected chi connectivity index (χ3v) is 3.89. The summed E-state index contributed by atoms with van der Waals surface area (Å²) in [4.78, 5) is 0. The number of hydrogen-bond donors (Lipinski definition) is 0. The first-order valence-corrected chi connectivity index (χ1v) is 7.55. The molecular weight excluding hydrogens is 302 g/mol. The molecule has 0 bridgehead atoms. The van der Waals surface area contributed by atoms with Crippen LogP contribution < -0.4 is 0 Å². The normalized spacial score (nSPS) is 12.8. The standard InChI is InChI=1S/C15H11ClF2OS/c16-13-4-1-12(2-5-13)10-20(19)8-7-11-3-6-14(17)15(18)9-11/h1-9H,10H2. The summed E-state index contributed by atoms with van der Waals surface area (Å²) in [5, 5.41) is 2.08. The Morgan fingerprint density at radius 3 is 2.40 bits per heavy atom. The van der Waals surface area contributed by atoms with E-state index in [1.165, 1.54) is 17.6 Å². The van der Waals surface area contributed by atoms with Crippen LogP contribution in [0, 0.1) is 11.6 Å². The second-order valence-corrected chi connectivity index (χ2v) is 5.89. The van der Waals surface area contributed by atoms with Gasteiger partial charge in [-0.15, -0.1) is 0 Å². The lowest BCUT2D eigenvalue weighted by Crippen LogP contribution is -1.91. The number of benzene rings is 2. The molecule has 0 N–H and O–H groups in total. The molecule has 0 saturated carbocycles. The quantitative estimate of drug-likeness (QED) is 0.810. The average Bonchev–Trinajstić information content (AvgIpc) is 2.43. The lowest BCUT2D eigenvalue weighted by molar-refractivity contribution is 0.508. The molecule has 0 aliphatic rings. The van der Waals surface area contributed by atoms with Crippen LogP contribution in [-0.2, 0) is 16.6 Å². The molecule has 2 rings (SSSR count). The first-order chi connectivity index (χ1) is 9.54. The molecule has 0 aromatic heterocycles. The topological polar surface area (TPSA) is 17.1 Å². The van der Waals surface area contributed by atoms with Crippen LogP contribution in [0.15, 0.2) is 47.9 Å². The predicted octanol–water partition coefficient (Wildman–Crippen LogP) is 4.54. The summed E-state index contributed by atoms with van der Waals surface area (Å²) in [6.07, 6.45) is 1.51. The van der Waals surface area contributed by atoms with Crippen LogP contribution >= 0.6 is 11.6 Å². The van der Waals surface area contributed by atoms with E-state index in [4.69, 9.17) is 11.6 Å². The van der Waals surface area contributed by atoms with Gasteiger partial charge in [-0.3, -0.25) is 4.21 Å². The van der Waals surface area contributed by atoms with Gasteiger partial charge in [-0.05, 0) is 41.5 Å². The van der Waals surface area contributed by atoms with Gasteiger partial charge in [0.2, 0.25) is 0 Å². The Balaban J connectivity index is 2.01. The van der Waals surface area contributed by atoms with Crippen LogP contribution in [0.4, 0.5) is 8.78 Å².